The summed E-state index contributed by atoms with van der Waals surface area (Å²) in [5, 5.41) is 0.703. The zero-order valence-electron chi connectivity index (χ0n) is 10.5. The average molecular weight is 273 g/mol. The van der Waals surface area contributed by atoms with Crippen LogP contribution in [-0.4, -0.2) is 16.5 Å². The standard InChI is InChI=1S/C15H13ClN2O/c1-19-14-4-2-11(3-5-14)8-13-10-18-7-6-12(16)9-15(18)17-13/h2-7,9-10H,8H2,1H3. The number of aromatic nitrogens is 2. The van der Waals surface area contributed by atoms with Crippen molar-refractivity contribution < 1.29 is 4.74 Å². The Kier molecular flexibility index (Phi) is 3.13. The van der Waals surface area contributed by atoms with Gasteiger partial charge >= 0.3 is 0 Å². The first-order valence-corrected chi connectivity index (χ1v) is 6.38. The largest absolute Gasteiger partial charge is 0.497 e. The van der Waals surface area contributed by atoms with Crippen molar-refractivity contribution in [1.29, 1.82) is 0 Å². The van der Waals surface area contributed by atoms with Crippen molar-refractivity contribution in [2.75, 3.05) is 7.11 Å². The lowest BCUT2D eigenvalue weighted by Gasteiger charge is -2.01. The summed E-state index contributed by atoms with van der Waals surface area (Å²) in [6.07, 6.45) is 4.74. The van der Waals surface area contributed by atoms with Crippen LogP contribution in [0.1, 0.15) is 11.3 Å². The van der Waals surface area contributed by atoms with Gasteiger partial charge in [-0.05, 0) is 29.8 Å². The van der Waals surface area contributed by atoms with Gasteiger partial charge in [0.05, 0.1) is 12.8 Å². The van der Waals surface area contributed by atoms with E-state index in [-0.39, 0.29) is 0 Å². The maximum atomic E-state index is 5.95. The second kappa shape index (κ2) is 4.94. The highest BCUT2D eigenvalue weighted by Gasteiger charge is 2.03. The molecule has 0 saturated heterocycles. The third kappa shape index (κ3) is 2.56. The van der Waals surface area contributed by atoms with Crippen LogP contribution in [-0.2, 0) is 6.42 Å². The molecule has 0 aliphatic carbocycles. The minimum absolute atomic E-state index is 0.703. The van der Waals surface area contributed by atoms with Crippen molar-refractivity contribution in [3.8, 4) is 5.75 Å². The quantitative estimate of drug-likeness (QED) is 0.728. The molecule has 96 valence electrons. The van der Waals surface area contributed by atoms with Crippen molar-refractivity contribution in [3.05, 3.63) is 65.1 Å². The first kappa shape index (κ1) is 12.1. The molecule has 0 fully saturated rings. The molecule has 0 aliphatic rings. The summed E-state index contributed by atoms with van der Waals surface area (Å²) in [6, 6.07) is 11.7. The third-order valence-electron chi connectivity index (χ3n) is 3.02. The van der Waals surface area contributed by atoms with Crippen LogP contribution in [0.2, 0.25) is 5.02 Å². The van der Waals surface area contributed by atoms with Crippen molar-refractivity contribution in [1.82, 2.24) is 9.38 Å². The maximum Gasteiger partial charge on any atom is 0.138 e. The molecule has 3 aromatic rings. The molecular formula is C15H13ClN2O. The topological polar surface area (TPSA) is 26.5 Å². The van der Waals surface area contributed by atoms with Crippen LogP contribution in [0.15, 0.2) is 48.8 Å². The molecule has 3 rings (SSSR count). The van der Waals surface area contributed by atoms with Gasteiger partial charge in [-0.3, -0.25) is 0 Å². The van der Waals surface area contributed by atoms with Crippen molar-refractivity contribution in [3.63, 3.8) is 0 Å². The van der Waals surface area contributed by atoms with Gasteiger partial charge in [0.1, 0.15) is 11.4 Å². The highest BCUT2D eigenvalue weighted by molar-refractivity contribution is 6.30. The lowest BCUT2D eigenvalue weighted by atomic mass is 10.1. The smallest absolute Gasteiger partial charge is 0.138 e. The maximum absolute atomic E-state index is 5.95. The number of nitrogens with zero attached hydrogens (tertiary/aromatic N) is 2. The van der Waals surface area contributed by atoms with Crippen LogP contribution >= 0.6 is 11.6 Å². The van der Waals surface area contributed by atoms with E-state index < -0.39 is 0 Å². The Hall–Kier alpha value is -2.00. The summed E-state index contributed by atoms with van der Waals surface area (Å²) in [7, 11) is 1.67. The molecule has 0 aliphatic heterocycles. The van der Waals surface area contributed by atoms with Crippen LogP contribution < -0.4 is 4.74 Å². The SMILES string of the molecule is COc1ccc(Cc2cn3ccc(Cl)cc3n2)cc1. The van der Waals surface area contributed by atoms with Gasteiger partial charge in [-0.1, -0.05) is 23.7 Å². The first-order chi connectivity index (χ1) is 9.24. The number of hydrogen-bond acceptors (Lipinski definition) is 2. The Bertz CT molecular complexity index is 704. The van der Waals surface area contributed by atoms with E-state index in [0.717, 1.165) is 23.5 Å². The molecule has 0 atom stereocenters. The van der Waals surface area contributed by atoms with E-state index in [1.165, 1.54) is 5.56 Å². The molecule has 3 nitrogen and oxygen atoms in total. The normalized spacial score (nSPS) is 10.8. The molecule has 4 heteroatoms. The second-order valence-corrected chi connectivity index (χ2v) is 4.80. The lowest BCUT2D eigenvalue weighted by Crippen LogP contribution is -1.89. The van der Waals surface area contributed by atoms with Crippen molar-refractivity contribution in [2.45, 2.75) is 6.42 Å². The number of halogens is 1. The molecule has 0 saturated carbocycles. The van der Waals surface area contributed by atoms with Gasteiger partial charge in [0, 0.05) is 23.8 Å². The molecule has 0 radical (unpaired) electrons. The van der Waals surface area contributed by atoms with Crippen LogP contribution in [0.5, 0.6) is 5.75 Å². The van der Waals surface area contributed by atoms with Crippen LogP contribution in [0, 0.1) is 0 Å². The Morgan fingerprint density at radius 2 is 2.00 bits per heavy atom. The highest BCUT2D eigenvalue weighted by atomic mass is 35.5. The monoisotopic (exact) mass is 272 g/mol. The van der Waals surface area contributed by atoms with Crippen LogP contribution in [0.3, 0.4) is 0 Å². The number of imidazole rings is 1. The second-order valence-electron chi connectivity index (χ2n) is 4.37. The van der Waals surface area contributed by atoms with Crippen molar-refractivity contribution in [2.24, 2.45) is 0 Å². The van der Waals surface area contributed by atoms with E-state index in [1.807, 2.05) is 41.1 Å². The van der Waals surface area contributed by atoms with E-state index in [1.54, 1.807) is 7.11 Å². The third-order valence-corrected chi connectivity index (χ3v) is 3.25. The number of pyridine rings is 1. The Morgan fingerprint density at radius 1 is 1.21 bits per heavy atom. The van der Waals surface area contributed by atoms with E-state index in [4.69, 9.17) is 16.3 Å². The fourth-order valence-corrected chi connectivity index (χ4v) is 2.20. The molecule has 0 amide bonds. The molecule has 0 N–H and O–H groups in total. The van der Waals surface area contributed by atoms with Crippen molar-refractivity contribution >= 4 is 17.2 Å². The summed E-state index contributed by atoms with van der Waals surface area (Å²) in [4.78, 5) is 4.56. The summed E-state index contributed by atoms with van der Waals surface area (Å²) in [6.45, 7) is 0. The van der Waals surface area contributed by atoms with Gasteiger partial charge in [0.15, 0.2) is 0 Å². The van der Waals surface area contributed by atoms with E-state index >= 15 is 0 Å². The van der Waals surface area contributed by atoms with Gasteiger partial charge in [0.2, 0.25) is 0 Å². The molecule has 0 bridgehead atoms. The number of rotatable bonds is 3. The Morgan fingerprint density at radius 3 is 2.74 bits per heavy atom. The van der Waals surface area contributed by atoms with Gasteiger partial charge in [-0.25, -0.2) is 4.98 Å². The summed E-state index contributed by atoms with van der Waals surface area (Å²) < 4.78 is 7.12. The number of methoxy groups -OCH3 is 1. The van der Waals surface area contributed by atoms with Gasteiger partial charge < -0.3 is 9.14 Å². The highest BCUT2D eigenvalue weighted by Crippen LogP contribution is 2.16. The van der Waals surface area contributed by atoms with E-state index in [2.05, 4.69) is 17.1 Å². The summed E-state index contributed by atoms with van der Waals surface area (Å²) in [5.74, 6) is 0.866. The zero-order chi connectivity index (χ0) is 13.2. The first-order valence-electron chi connectivity index (χ1n) is 6.01. The van der Waals surface area contributed by atoms with Gasteiger partial charge in [-0.15, -0.1) is 0 Å². The van der Waals surface area contributed by atoms with E-state index in [0.29, 0.717) is 5.02 Å². The Labute approximate surface area is 116 Å². The predicted octanol–water partition coefficient (Wildman–Crippen LogP) is 3.59. The fourth-order valence-electron chi connectivity index (χ4n) is 2.05. The number of benzene rings is 1. The minimum atomic E-state index is 0.703. The molecule has 0 spiro atoms. The summed E-state index contributed by atoms with van der Waals surface area (Å²) >= 11 is 5.95. The van der Waals surface area contributed by atoms with Gasteiger partial charge in [0.25, 0.3) is 0 Å². The Balaban J connectivity index is 1.87. The zero-order valence-corrected chi connectivity index (χ0v) is 11.3. The molecule has 19 heavy (non-hydrogen) atoms. The summed E-state index contributed by atoms with van der Waals surface area (Å²) in [5.41, 5.74) is 3.10. The number of fused-ring (bicyclic) bond motifs is 1. The molecule has 2 heterocycles. The van der Waals surface area contributed by atoms with Crippen LogP contribution in [0.25, 0.3) is 5.65 Å². The number of ether oxygens (including phenoxy) is 1. The fraction of sp³-hybridized carbons (Fsp3) is 0.133. The molecular weight excluding hydrogens is 260 g/mol. The van der Waals surface area contributed by atoms with Crippen LogP contribution in [0.4, 0.5) is 0 Å². The lowest BCUT2D eigenvalue weighted by molar-refractivity contribution is 0.414. The molecule has 1 aromatic carbocycles. The minimum Gasteiger partial charge on any atom is -0.497 e. The number of hydrogen-bond donors (Lipinski definition) is 0. The average Bonchev–Trinajstić information content (AvgIpc) is 2.81. The molecule has 0 unspecified atom stereocenters. The predicted molar refractivity (Wildman–Crippen MR) is 76.0 cm³/mol. The van der Waals surface area contributed by atoms with Gasteiger partial charge in [-0.2, -0.15) is 0 Å². The van der Waals surface area contributed by atoms with E-state index in [9.17, 15) is 0 Å². The molecule has 2 aromatic heterocycles.